The van der Waals surface area contributed by atoms with E-state index in [0.717, 1.165) is 11.3 Å². The normalized spacial score (nSPS) is 12.6. The number of methoxy groups -OCH3 is 1. The van der Waals surface area contributed by atoms with Crippen LogP contribution < -0.4 is 10.1 Å². The molecule has 1 aromatic carbocycles. The average molecular weight is 363 g/mol. The Labute approximate surface area is 155 Å². The summed E-state index contributed by atoms with van der Waals surface area (Å²) in [5, 5.41) is 9.87. The molecule has 2 N–H and O–H groups in total. The van der Waals surface area contributed by atoms with E-state index in [9.17, 15) is 9.59 Å². The predicted molar refractivity (Wildman–Crippen MR) is 97.3 cm³/mol. The summed E-state index contributed by atoms with van der Waals surface area (Å²) in [4.78, 5) is 30.8. The van der Waals surface area contributed by atoms with Crippen LogP contribution in [0.25, 0.3) is 0 Å². The number of nitrogens with zero attached hydrogens (tertiary/aromatic N) is 3. The number of pyridine rings is 1. The van der Waals surface area contributed by atoms with E-state index in [-0.39, 0.29) is 11.8 Å². The van der Waals surface area contributed by atoms with Crippen LogP contribution in [0.2, 0.25) is 0 Å². The van der Waals surface area contributed by atoms with Crippen molar-refractivity contribution in [2.24, 2.45) is 0 Å². The second-order valence-corrected chi connectivity index (χ2v) is 6.09. The molecule has 1 aliphatic heterocycles. The maximum Gasteiger partial charge on any atom is 0.273 e. The fraction of sp³-hybridized carbons (Fsp3) is 0.158. The van der Waals surface area contributed by atoms with Crippen molar-refractivity contribution >= 4 is 17.6 Å². The number of fused-ring (bicyclic) bond motifs is 1. The molecule has 0 saturated heterocycles. The molecule has 4 rings (SSSR count). The van der Waals surface area contributed by atoms with Gasteiger partial charge in [-0.25, -0.2) is 0 Å². The highest BCUT2D eigenvalue weighted by Gasteiger charge is 2.30. The number of amides is 2. The van der Waals surface area contributed by atoms with Gasteiger partial charge in [0.15, 0.2) is 5.82 Å². The van der Waals surface area contributed by atoms with Crippen LogP contribution in [0.3, 0.4) is 0 Å². The van der Waals surface area contributed by atoms with Gasteiger partial charge in [0.1, 0.15) is 11.4 Å². The molecule has 27 heavy (non-hydrogen) atoms. The van der Waals surface area contributed by atoms with Crippen LogP contribution in [-0.4, -0.2) is 39.0 Å². The van der Waals surface area contributed by atoms with E-state index >= 15 is 0 Å². The van der Waals surface area contributed by atoms with E-state index in [1.54, 1.807) is 60.7 Å². The number of hydrogen-bond acceptors (Lipinski definition) is 5. The van der Waals surface area contributed by atoms with E-state index in [2.05, 4.69) is 20.5 Å². The van der Waals surface area contributed by atoms with Gasteiger partial charge >= 0.3 is 0 Å². The molecule has 0 spiro atoms. The second kappa shape index (κ2) is 6.91. The molecule has 2 aromatic heterocycles. The summed E-state index contributed by atoms with van der Waals surface area (Å²) in [6.45, 7) is 0.760. The van der Waals surface area contributed by atoms with Gasteiger partial charge in [-0.2, -0.15) is 5.10 Å². The molecule has 3 heterocycles. The number of carbonyl (C=O) groups is 2. The highest BCUT2D eigenvalue weighted by molar-refractivity contribution is 6.04. The van der Waals surface area contributed by atoms with Gasteiger partial charge in [0, 0.05) is 17.3 Å². The highest BCUT2D eigenvalue weighted by Crippen LogP contribution is 2.28. The lowest BCUT2D eigenvalue weighted by molar-refractivity contribution is 0.0744. The monoisotopic (exact) mass is 363 g/mol. The Bertz CT molecular complexity index is 982. The Kier molecular flexibility index (Phi) is 4.29. The molecule has 8 heteroatoms. The topological polar surface area (TPSA) is 100 Å². The number of anilines is 1. The maximum absolute atomic E-state index is 12.6. The van der Waals surface area contributed by atoms with Crippen molar-refractivity contribution in [3.63, 3.8) is 0 Å². The lowest BCUT2D eigenvalue weighted by atomic mass is 10.2. The molecule has 2 amide bonds. The average Bonchev–Trinajstić information content (AvgIpc) is 3.30. The van der Waals surface area contributed by atoms with Crippen molar-refractivity contribution in [2.75, 3.05) is 12.4 Å². The van der Waals surface area contributed by atoms with Crippen molar-refractivity contribution in [2.45, 2.75) is 13.1 Å². The van der Waals surface area contributed by atoms with E-state index in [4.69, 9.17) is 4.74 Å². The first-order valence-corrected chi connectivity index (χ1v) is 8.37. The second-order valence-electron chi connectivity index (χ2n) is 6.09. The Balaban J connectivity index is 1.47. The van der Waals surface area contributed by atoms with Crippen LogP contribution >= 0.6 is 0 Å². The fourth-order valence-corrected chi connectivity index (χ4v) is 2.96. The lowest BCUT2D eigenvalue weighted by Crippen LogP contribution is -2.26. The van der Waals surface area contributed by atoms with Gasteiger partial charge in [-0.05, 0) is 36.4 Å². The molecule has 0 bridgehead atoms. The van der Waals surface area contributed by atoms with E-state index in [1.165, 1.54) is 0 Å². The third kappa shape index (κ3) is 3.24. The Morgan fingerprint density at radius 2 is 1.96 bits per heavy atom. The minimum Gasteiger partial charge on any atom is -0.497 e. The molecule has 3 aromatic rings. The standard InChI is InChI=1S/C19H17N5O3/c1-27-13-7-5-12(6-8-13)18(25)21-17-14-10-24(11-16(14)22-23-17)19(26)15-4-2-3-9-20-15/h2-9H,10-11H2,1H3,(H2,21,22,23,25). The predicted octanol–water partition coefficient (Wildman–Crippen LogP) is 2.22. The smallest absolute Gasteiger partial charge is 0.273 e. The Hall–Kier alpha value is -3.68. The number of benzene rings is 1. The van der Waals surface area contributed by atoms with E-state index in [1.807, 2.05) is 0 Å². The van der Waals surface area contributed by atoms with Crippen molar-refractivity contribution in [1.82, 2.24) is 20.1 Å². The third-order valence-corrected chi connectivity index (χ3v) is 4.41. The first-order chi connectivity index (χ1) is 13.2. The van der Waals surface area contributed by atoms with Crippen LogP contribution in [0.15, 0.2) is 48.7 Å². The number of aromatic nitrogens is 3. The summed E-state index contributed by atoms with van der Waals surface area (Å²) in [5.41, 5.74) is 2.50. The zero-order chi connectivity index (χ0) is 18.8. The van der Waals surface area contributed by atoms with Gasteiger partial charge in [0.2, 0.25) is 0 Å². The third-order valence-electron chi connectivity index (χ3n) is 4.41. The van der Waals surface area contributed by atoms with Gasteiger partial charge in [-0.15, -0.1) is 0 Å². The summed E-state index contributed by atoms with van der Waals surface area (Å²) in [7, 11) is 1.57. The summed E-state index contributed by atoms with van der Waals surface area (Å²) in [6.07, 6.45) is 1.59. The summed E-state index contributed by atoms with van der Waals surface area (Å²) < 4.78 is 5.09. The molecule has 1 aliphatic rings. The quantitative estimate of drug-likeness (QED) is 0.740. The molecule has 8 nitrogen and oxygen atoms in total. The number of aromatic amines is 1. The molecule has 136 valence electrons. The van der Waals surface area contributed by atoms with Crippen molar-refractivity contribution in [1.29, 1.82) is 0 Å². The zero-order valence-corrected chi connectivity index (χ0v) is 14.6. The van der Waals surface area contributed by atoms with Crippen LogP contribution in [0.4, 0.5) is 5.82 Å². The van der Waals surface area contributed by atoms with Gasteiger partial charge in [0.05, 0.1) is 25.9 Å². The molecule has 0 atom stereocenters. The SMILES string of the molecule is COc1ccc(C(=O)Nc2n[nH]c3c2CN(C(=O)c2ccccn2)C3)cc1. The van der Waals surface area contributed by atoms with Crippen molar-refractivity contribution in [3.8, 4) is 5.75 Å². The number of H-pyrrole nitrogens is 1. The molecule has 0 aliphatic carbocycles. The number of rotatable bonds is 4. The highest BCUT2D eigenvalue weighted by atomic mass is 16.5. The number of nitrogens with one attached hydrogen (secondary N) is 2. The van der Waals surface area contributed by atoms with Gasteiger partial charge in [-0.1, -0.05) is 6.07 Å². The number of hydrogen-bond donors (Lipinski definition) is 2. The minimum absolute atomic E-state index is 0.160. The minimum atomic E-state index is -0.276. The first kappa shape index (κ1) is 16.8. The van der Waals surface area contributed by atoms with Crippen LogP contribution in [-0.2, 0) is 13.1 Å². The molecule has 0 radical (unpaired) electrons. The maximum atomic E-state index is 12.6. The fourth-order valence-electron chi connectivity index (χ4n) is 2.96. The molecule has 0 fully saturated rings. The van der Waals surface area contributed by atoms with Crippen molar-refractivity contribution in [3.05, 3.63) is 71.2 Å². The van der Waals surface area contributed by atoms with E-state index in [0.29, 0.717) is 35.9 Å². The summed E-state index contributed by atoms with van der Waals surface area (Å²) in [5.74, 6) is 0.673. The van der Waals surface area contributed by atoms with Gasteiger partial charge in [-0.3, -0.25) is 19.7 Å². The van der Waals surface area contributed by atoms with E-state index < -0.39 is 0 Å². The lowest BCUT2D eigenvalue weighted by Gasteiger charge is -2.15. The van der Waals surface area contributed by atoms with Crippen LogP contribution in [0.1, 0.15) is 32.1 Å². The Morgan fingerprint density at radius 1 is 1.15 bits per heavy atom. The number of carbonyl (C=O) groups excluding carboxylic acids is 2. The Morgan fingerprint density at radius 3 is 2.67 bits per heavy atom. The molecule has 0 saturated carbocycles. The zero-order valence-electron chi connectivity index (χ0n) is 14.6. The first-order valence-electron chi connectivity index (χ1n) is 8.37. The van der Waals surface area contributed by atoms with Gasteiger partial charge in [0.25, 0.3) is 11.8 Å². The largest absolute Gasteiger partial charge is 0.497 e. The molecular weight excluding hydrogens is 346 g/mol. The van der Waals surface area contributed by atoms with Crippen molar-refractivity contribution < 1.29 is 14.3 Å². The summed E-state index contributed by atoms with van der Waals surface area (Å²) in [6, 6.07) is 12.0. The van der Waals surface area contributed by atoms with Gasteiger partial charge < -0.3 is 15.0 Å². The number of ether oxygens (including phenoxy) is 1. The molecule has 0 unspecified atom stereocenters. The van der Waals surface area contributed by atoms with Crippen LogP contribution in [0, 0.1) is 0 Å². The molecular formula is C19H17N5O3. The summed E-state index contributed by atoms with van der Waals surface area (Å²) >= 11 is 0. The van der Waals surface area contributed by atoms with Crippen LogP contribution in [0.5, 0.6) is 5.75 Å².